The van der Waals surface area contributed by atoms with Crippen LogP contribution < -0.4 is 10.0 Å². The number of likely N-dealkylation sites (N-methyl/N-ethyl adjacent to an activating group) is 1. The average Bonchev–Trinajstić information content (AvgIpc) is 2.47. The van der Waals surface area contributed by atoms with Gasteiger partial charge in [-0.05, 0) is 36.2 Å². The maximum atomic E-state index is 11.9. The molecule has 1 amide bonds. The molecule has 0 atom stereocenters. The molecule has 25 heavy (non-hydrogen) atoms. The molecule has 134 valence electrons. The lowest BCUT2D eigenvalue weighted by atomic mass is 9.80. The Morgan fingerprint density at radius 3 is 2.16 bits per heavy atom. The van der Waals surface area contributed by atoms with E-state index in [4.69, 9.17) is 0 Å². The molecule has 2 aromatic rings. The van der Waals surface area contributed by atoms with Crippen LogP contribution in [0.1, 0.15) is 25.0 Å². The van der Waals surface area contributed by atoms with Gasteiger partial charge in [-0.25, -0.2) is 0 Å². The molecule has 0 aromatic heterocycles. The van der Waals surface area contributed by atoms with Gasteiger partial charge < -0.3 is 14.4 Å². The molecule has 0 fully saturated rings. The minimum absolute atomic E-state index is 0.0906. The number of quaternary nitrogens is 1. The van der Waals surface area contributed by atoms with E-state index in [-0.39, 0.29) is 5.41 Å². The monoisotopic (exact) mass is 340 g/mol. The van der Waals surface area contributed by atoms with Gasteiger partial charge in [0.25, 0.3) is 0 Å². The summed E-state index contributed by atoms with van der Waals surface area (Å²) >= 11 is 0. The third-order valence-corrected chi connectivity index (χ3v) is 4.34. The Labute approximate surface area is 150 Å². The molecule has 2 aromatic carbocycles. The van der Waals surface area contributed by atoms with Crippen LogP contribution in [0, 0.1) is 6.92 Å². The van der Waals surface area contributed by atoms with Gasteiger partial charge in [0.2, 0.25) is 0 Å². The van der Waals surface area contributed by atoms with Crippen LogP contribution in [-0.4, -0.2) is 38.3 Å². The SMILES string of the molecule is Cc1c(N(C(=O)[O-])c2ccccc2)cccc1C(C)(C)C[N+](C)(C)C. The molecule has 0 bridgehead atoms. The maximum absolute atomic E-state index is 11.9. The van der Waals surface area contributed by atoms with Crippen molar-refractivity contribution in [1.29, 1.82) is 0 Å². The number of benzene rings is 2. The smallest absolute Gasteiger partial charge is 0.146 e. The topological polar surface area (TPSA) is 43.4 Å². The van der Waals surface area contributed by atoms with Crippen LogP contribution >= 0.6 is 0 Å². The van der Waals surface area contributed by atoms with Crippen LogP contribution in [0.2, 0.25) is 0 Å². The van der Waals surface area contributed by atoms with Crippen molar-refractivity contribution in [2.24, 2.45) is 0 Å². The molecule has 0 aliphatic heterocycles. The number of carbonyl (C=O) groups excluding carboxylic acids is 1. The van der Waals surface area contributed by atoms with E-state index in [1.807, 2.05) is 37.3 Å². The molecule has 4 heteroatoms. The highest BCUT2D eigenvalue weighted by Crippen LogP contribution is 2.35. The Morgan fingerprint density at radius 2 is 1.64 bits per heavy atom. The molecule has 0 unspecified atom stereocenters. The fourth-order valence-corrected chi connectivity index (χ4v) is 3.79. The van der Waals surface area contributed by atoms with Gasteiger partial charge >= 0.3 is 0 Å². The van der Waals surface area contributed by atoms with Gasteiger partial charge in [-0.15, -0.1) is 0 Å². The number of para-hydroxylation sites is 1. The fraction of sp³-hybridized carbons (Fsp3) is 0.381. The number of hydrogen-bond acceptors (Lipinski definition) is 2. The van der Waals surface area contributed by atoms with Crippen LogP contribution in [0.3, 0.4) is 0 Å². The van der Waals surface area contributed by atoms with Crippen molar-refractivity contribution in [2.45, 2.75) is 26.2 Å². The number of anilines is 2. The van der Waals surface area contributed by atoms with Crippen molar-refractivity contribution in [1.82, 2.24) is 0 Å². The third kappa shape index (κ3) is 4.40. The summed E-state index contributed by atoms with van der Waals surface area (Å²) in [6.07, 6.45) is -1.23. The van der Waals surface area contributed by atoms with Crippen molar-refractivity contribution < 1.29 is 14.4 Å². The quantitative estimate of drug-likeness (QED) is 0.782. The number of carboxylic acid groups (broad SMARTS) is 1. The minimum atomic E-state index is -1.23. The van der Waals surface area contributed by atoms with Gasteiger partial charge in [0, 0.05) is 11.1 Å². The zero-order valence-electron chi connectivity index (χ0n) is 16.0. The van der Waals surface area contributed by atoms with Crippen molar-refractivity contribution >= 4 is 17.5 Å². The van der Waals surface area contributed by atoms with Gasteiger partial charge in [0.15, 0.2) is 0 Å². The zero-order chi connectivity index (χ0) is 18.8. The summed E-state index contributed by atoms with van der Waals surface area (Å²) < 4.78 is 0.833. The third-order valence-electron chi connectivity index (χ3n) is 4.34. The largest absolute Gasteiger partial charge is 0.529 e. The predicted molar refractivity (Wildman–Crippen MR) is 101 cm³/mol. The van der Waals surface area contributed by atoms with Gasteiger partial charge in [-0.1, -0.05) is 44.2 Å². The highest BCUT2D eigenvalue weighted by atomic mass is 16.4. The molecule has 0 saturated carbocycles. The average molecular weight is 340 g/mol. The van der Waals surface area contributed by atoms with E-state index in [2.05, 4.69) is 41.1 Å². The van der Waals surface area contributed by atoms with Gasteiger partial charge in [0.05, 0.1) is 33.4 Å². The second-order valence-electron chi connectivity index (χ2n) is 8.22. The lowest BCUT2D eigenvalue weighted by molar-refractivity contribution is -0.874. The van der Waals surface area contributed by atoms with Crippen LogP contribution in [0.25, 0.3) is 0 Å². The van der Waals surface area contributed by atoms with E-state index < -0.39 is 6.09 Å². The van der Waals surface area contributed by atoms with E-state index in [1.54, 1.807) is 12.1 Å². The van der Waals surface area contributed by atoms with Crippen LogP contribution in [0.5, 0.6) is 0 Å². The summed E-state index contributed by atoms with van der Waals surface area (Å²) in [5.74, 6) is 0. The molecule has 0 N–H and O–H groups in total. The first-order valence-electron chi connectivity index (χ1n) is 8.50. The maximum Gasteiger partial charge on any atom is 0.146 e. The number of carbonyl (C=O) groups is 1. The normalized spacial score (nSPS) is 12.1. The molecule has 4 nitrogen and oxygen atoms in total. The summed E-state index contributed by atoms with van der Waals surface area (Å²) in [4.78, 5) is 13.1. The summed E-state index contributed by atoms with van der Waals surface area (Å²) in [7, 11) is 6.50. The highest BCUT2D eigenvalue weighted by molar-refractivity contribution is 5.94. The Balaban J connectivity index is 2.55. The first-order chi connectivity index (χ1) is 11.5. The molecular weight excluding hydrogens is 312 g/mol. The van der Waals surface area contributed by atoms with E-state index in [1.165, 1.54) is 4.90 Å². The van der Waals surface area contributed by atoms with Crippen molar-refractivity contribution in [3.63, 3.8) is 0 Å². The van der Waals surface area contributed by atoms with E-state index >= 15 is 0 Å². The summed E-state index contributed by atoms with van der Waals surface area (Å²) in [5.41, 5.74) is 3.27. The van der Waals surface area contributed by atoms with E-state index in [9.17, 15) is 9.90 Å². The number of rotatable bonds is 5. The van der Waals surface area contributed by atoms with Crippen LogP contribution in [-0.2, 0) is 5.41 Å². The van der Waals surface area contributed by atoms with Crippen LogP contribution in [0.4, 0.5) is 16.2 Å². The Kier molecular flexibility index (Phi) is 5.23. The minimum Gasteiger partial charge on any atom is -0.529 e. The second kappa shape index (κ2) is 6.89. The van der Waals surface area contributed by atoms with Crippen LogP contribution in [0.15, 0.2) is 48.5 Å². The predicted octanol–water partition coefficient (Wildman–Crippen LogP) is 3.46. The molecule has 0 saturated heterocycles. The summed E-state index contributed by atoms with van der Waals surface area (Å²) in [5, 5.41) is 11.9. The first kappa shape index (κ1) is 19.0. The van der Waals surface area contributed by atoms with Crippen molar-refractivity contribution in [2.75, 3.05) is 32.6 Å². The Morgan fingerprint density at radius 1 is 1.04 bits per heavy atom. The molecule has 0 aliphatic rings. The second-order valence-corrected chi connectivity index (χ2v) is 8.22. The Bertz CT molecular complexity index is 746. The van der Waals surface area contributed by atoms with Gasteiger partial charge in [-0.2, -0.15) is 0 Å². The molecule has 2 rings (SSSR count). The standard InChI is InChI=1S/C21H28N2O2/c1-16-18(21(2,3)15-23(4,5)6)13-10-14-19(16)22(20(24)25)17-11-8-7-9-12-17/h7-14H,15H2,1-6H3. The first-order valence-corrected chi connectivity index (χ1v) is 8.50. The summed E-state index contributed by atoms with van der Waals surface area (Å²) in [6, 6.07) is 14.9. The van der Waals surface area contributed by atoms with Gasteiger partial charge in [0.1, 0.15) is 6.09 Å². The lowest BCUT2D eigenvalue weighted by Gasteiger charge is -2.36. The molecular formula is C21H28N2O2. The Hall–Kier alpha value is -2.33. The number of nitrogens with zero attached hydrogens (tertiary/aromatic N) is 2. The van der Waals surface area contributed by atoms with E-state index in [0.29, 0.717) is 11.4 Å². The molecule has 0 radical (unpaired) electrons. The lowest BCUT2D eigenvalue weighted by Crippen LogP contribution is -2.45. The molecule has 0 spiro atoms. The van der Waals surface area contributed by atoms with Crippen molar-refractivity contribution in [3.8, 4) is 0 Å². The fourth-order valence-electron chi connectivity index (χ4n) is 3.79. The number of amides is 1. The molecule has 0 heterocycles. The van der Waals surface area contributed by atoms with Gasteiger partial charge in [-0.3, -0.25) is 4.90 Å². The highest BCUT2D eigenvalue weighted by Gasteiger charge is 2.30. The molecule has 0 aliphatic carbocycles. The van der Waals surface area contributed by atoms with E-state index in [0.717, 1.165) is 22.2 Å². The summed E-state index contributed by atoms with van der Waals surface area (Å²) in [6.45, 7) is 7.33. The number of hydrogen-bond donors (Lipinski definition) is 0. The van der Waals surface area contributed by atoms with Crippen molar-refractivity contribution in [3.05, 3.63) is 59.7 Å². The zero-order valence-corrected chi connectivity index (χ0v) is 16.0.